The van der Waals surface area contributed by atoms with E-state index < -0.39 is 0 Å². The number of amides is 1. The second-order valence-electron chi connectivity index (χ2n) is 4.14. The summed E-state index contributed by atoms with van der Waals surface area (Å²) in [6.07, 6.45) is 2.11. The van der Waals surface area contributed by atoms with Crippen LogP contribution in [0.15, 0.2) is 22.7 Å². The molecule has 2 N–H and O–H groups in total. The lowest BCUT2D eigenvalue weighted by Crippen LogP contribution is -2.45. The van der Waals surface area contributed by atoms with E-state index in [0.717, 1.165) is 30.4 Å². The Hall–Kier alpha value is -0.290. The van der Waals surface area contributed by atoms with Crippen LogP contribution in [-0.2, 0) is 0 Å². The molecule has 1 aromatic carbocycles. The van der Waals surface area contributed by atoms with Crippen molar-refractivity contribution in [1.82, 2.24) is 10.6 Å². The molecule has 1 aliphatic rings. The lowest BCUT2D eigenvalue weighted by molar-refractivity contribution is 0.0931. The van der Waals surface area contributed by atoms with Gasteiger partial charge in [0.1, 0.15) is 0 Å². The van der Waals surface area contributed by atoms with Gasteiger partial charge in [0.05, 0.1) is 10.6 Å². The smallest absolute Gasteiger partial charge is 0.253 e. The van der Waals surface area contributed by atoms with E-state index >= 15 is 0 Å². The quantitative estimate of drug-likeness (QED) is 0.858. The Labute approximate surface area is 126 Å². The normalized spacial score (nSPS) is 18.9. The molecule has 0 radical (unpaired) electrons. The third kappa shape index (κ3) is 4.12. The molecule has 100 valence electrons. The molecule has 1 unspecified atom stereocenters. The van der Waals surface area contributed by atoms with E-state index in [-0.39, 0.29) is 24.4 Å². The van der Waals surface area contributed by atoms with Crippen LogP contribution in [0.25, 0.3) is 0 Å². The van der Waals surface area contributed by atoms with Gasteiger partial charge in [-0.3, -0.25) is 4.79 Å². The number of carbonyl (C=O) groups excluding carboxylic acids is 1. The third-order valence-corrected chi connectivity index (χ3v) is 3.63. The van der Waals surface area contributed by atoms with Crippen molar-refractivity contribution in [2.24, 2.45) is 0 Å². The minimum Gasteiger partial charge on any atom is -0.348 e. The van der Waals surface area contributed by atoms with Gasteiger partial charge in [-0.25, -0.2) is 0 Å². The van der Waals surface area contributed by atoms with Crippen LogP contribution in [0.1, 0.15) is 23.2 Å². The Balaban J connectivity index is 0.00000162. The van der Waals surface area contributed by atoms with Crippen molar-refractivity contribution in [3.05, 3.63) is 33.3 Å². The van der Waals surface area contributed by atoms with Crippen molar-refractivity contribution < 1.29 is 4.79 Å². The fraction of sp³-hybridized carbons (Fsp3) is 0.417. The van der Waals surface area contributed by atoms with Gasteiger partial charge in [-0.15, -0.1) is 12.4 Å². The predicted octanol–water partition coefficient (Wildman–Crippen LogP) is 3.01. The molecular weight excluding hydrogens is 339 g/mol. The zero-order valence-corrected chi connectivity index (χ0v) is 12.9. The monoisotopic (exact) mass is 352 g/mol. The van der Waals surface area contributed by atoms with Gasteiger partial charge < -0.3 is 10.6 Å². The summed E-state index contributed by atoms with van der Waals surface area (Å²) in [7, 11) is 0. The number of hydrogen-bond donors (Lipinski definition) is 2. The second kappa shape index (κ2) is 7.34. The molecule has 2 rings (SSSR count). The Morgan fingerprint density at radius 2 is 2.28 bits per heavy atom. The Bertz CT molecular complexity index is 423. The van der Waals surface area contributed by atoms with Crippen LogP contribution in [0.5, 0.6) is 0 Å². The molecule has 6 heteroatoms. The van der Waals surface area contributed by atoms with Gasteiger partial charge in [0.2, 0.25) is 0 Å². The lowest BCUT2D eigenvalue weighted by Gasteiger charge is -2.24. The van der Waals surface area contributed by atoms with Crippen molar-refractivity contribution in [3.8, 4) is 0 Å². The van der Waals surface area contributed by atoms with Crippen LogP contribution >= 0.6 is 39.9 Å². The van der Waals surface area contributed by atoms with E-state index in [9.17, 15) is 4.79 Å². The number of nitrogens with one attached hydrogen (secondary N) is 2. The molecule has 1 heterocycles. The van der Waals surface area contributed by atoms with Gasteiger partial charge in [-0.05, 0) is 37.6 Å². The van der Waals surface area contributed by atoms with Crippen LogP contribution < -0.4 is 10.6 Å². The molecule has 18 heavy (non-hydrogen) atoms. The van der Waals surface area contributed by atoms with Crippen LogP contribution in [-0.4, -0.2) is 25.0 Å². The first-order valence-corrected chi connectivity index (χ1v) is 6.80. The molecule has 1 saturated heterocycles. The first-order valence-electron chi connectivity index (χ1n) is 5.63. The van der Waals surface area contributed by atoms with Gasteiger partial charge in [-0.1, -0.05) is 27.5 Å². The fourth-order valence-electron chi connectivity index (χ4n) is 1.91. The van der Waals surface area contributed by atoms with Crippen molar-refractivity contribution in [2.75, 3.05) is 13.1 Å². The summed E-state index contributed by atoms with van der Waals surface area (Å²) in [5.41, 5.74) is 0.520. The number of carbonyl (C=O) groups is 1. The van der Waals surface area contributed by atoms with Crippen LogP contribution in [0, 0.1) is 0 Å². The summed E-state index contributed by atoms with van der Waals surface area (Å²) in [5, 5.41) is 6.74. The molecule has 1 fully saturated rings. The van der Waals surface area contributed by atoms with Crippen LogP contribution in [0.4, 0.5) is 0 Å². The van der Waals surface area contributed by atoms with E-state index in [4.69, 9.17) is 11.6 Å². The van der Waals surface area contributed by atoms with Crippen LogP contribution in [0.3, 0.4) is 0 Å². The van der Waals surface area contributed by atoms with Crippen molar-refractivity contribution in [1.29, 1.82) is 0 Å². The molecule has 1 aromatic rings. The SMILES string of the molecule is Cl.O=C(NC1CCCNC1)c1cc(Br)ccc1Cl. The summed E-state index contributed by atoms with van der Waals surface area (Å²) in [6, 6.07) is 5.49. The summed E-state index contributed by atoms with van der Waals surface area (Å²) in [4.78, 5) is 12.0. The molecule has 0 aliphatic carbocycles. The minimum absolute atomic E-state index is 0. The van der Waals surface area contributed by atoms with Crippen LogP contribution in [0.2, 0.25) is 5.02 Å². The number of benzene rings is 1. The predicted molar refractivity (Wildman–Crippen MR) is 79.8 cm³/mol. The maximum Gasteiger partial charge on any atom is 0.253 e. The van der Waals surface area contributed by atoms with Gasteiger partial charge in [-0.2, -0.15) is 0 Å². The van der Waals surface area contributed by atoms with Crippen molar-refractivity contribution in [3.63, 3.8) is 0 Å². The first-order chi connectivity index (χ1) is 8.16. The zero-order valence-electron chi connectivity index (χ0n) is 9.71. The highest BCUT2D eigenvalue weighted by atomic mass is 79.9. The molecule has 3 nitrogen and oxygen atoms in total. The molecule has 0 saturated carbocycles. The molecule has 1 aliphatic heterocycles. The lowest BCUT2D eigenvalue weighted by atomic mass is 10.1. The van der Waals surface area contributed by atoms with E-state index in [0.29, 0.717) is 10.6 Å². The van der Waals surface area contributed by atoms with E-state index in [1.165, 1.54) is 0 Å². The molecule has 0 spiro atoms. The van der Waals surface area contributed by atoms with E-state index in [1.54, 1.807) is 12.1 Å². The summed E-state index contributed by atoms with van der Waals surface area (Å²) in [5.74, 6) is -0.106. The van der Waals surface area contributed by atoms with E-state index in [1.807, 2.05) is 6.07 Å². The highest BCUT2D eigenvalue weighted by molar-refractivity contribution is 9.10. The van der Waals surface area contributed by atoms with Gasteiger partial charge >= 0.3 is 0 Å². The second-order valence-corrected chi connectivity index (χ2v) is 5.46. The Morgan fingerprint density at radius 3 is 2.94 bits per heavy atom. The average Bonchev–Trinajstić information content (AvgIpc) is 2.33. The van der Waals surface area contributed by atoms with Crippen molar-refractivity contribution >= 4 is 45.8 Å². The van der Waals surface area contributed by atoms with Crippen molar-refractivity contribution in [2.45, 2.75) is 18.9 Å². The molecule has 0 aromatic heterocycles. The number of halogens is 3. The number of hydrogen-bond acceptors (Lipinski definition) is 2. The summed E-state index contributed by atoms with van der Waals surface area (Å²) >= 11 is 9.35. The molecule has 1 amide bonds. The maximum atomic E-state index is 12.0. The largest absolute Gasteiger partial charge is 0.348 e. The van der Waals surface area contributed by atoms with Gasteiger partial charge in [0.25, 0.3) is 5.91 Å². The summed E-state index contributed by atoms with van der Waals surface area (Å²) < 4.78 is 0.855. The highest BCUT2D eigenvalue weighted by Gasteiger charge is 2.18. The first kappa shape index (κ1) is 15.8. The highest BCUT2D eigenvalue weighted by Crippen LogP contribution is 2.21. The molecular formula is C12H15BrCl2N2O. The summed E-state index contributed by atoms with van der Waals surface area (Å²) in [6.45, 7) is 1.86. The average molecular weight is 354 g/mol. The number of piperidine rings is 1. The zero-order chi connectivity index (χ0) is 12.3. The minimum atomic E-state index is -0.106. The van der Waals surface area contributed by atoms with E-state index in [2.05, 4.69) is 26.6 Å². The Morgan fingerprint density at radius 1 is 1.50 bits per heavy atom. The third-order valence-electron chi connectivity index (χ3n) is 2.81. The molecule has 1 atom stereocenters. The topological polar surface area (TPSA) is 41.1 Å². The number of rotatable bonds is 2. The Kier molecular flexibility index (Phi) is 6.43. The molecule has 0 bridgehead atoms. The maximum absolute atomic E-state index is 12.0. The fourth-order valence-corrected chi connectivity index (χ4v) is 2.47. The van der Waals surface area contributed by atoms with Gasteiger partial charge in [0.15, 0.2) is 0 Å². The standard InChI is InChI=1S/C12H14BrClN2O.ClH/c13-8-3-4-11(14)10(6-8)12(17)16-9-2-1-5-15-7-9;/h3-4,6,9,15H,1-2,5,7H2,(H,16,17);1H. The van der Waals surface area contributed by atoms with Gasteiger partial charge in [0, 0.05) is 17.1 Å².